The molecule has 2 rings (SSSR count). The Morgan fingerprint density at radius 1 is 1.14 bits per heavy atom. The zero-order valence-corrected chi connectivity index (χ0v) is 12.3. The predicted octanol–water partition coefficient (Wildman–Crippen LogP) is 3.12. The van der Waals surface area contributed by atoms with Gasteiger partial charge >= 0.3 is 0 Å². The van der Waals surface area contributed by atoms with Gasteiger partial charge in [0.25, 0.3) is 10.0 Å². The number of benzene rings is 2. The minimum atomic E-state index is -3.86. The number of sulfonamides is 1. The number of nitrogens with zero attached hydrogens (tertiary/aromatic N) is 1. The Morgan fingerprint density at radius 3 is 2.33 bits per heavy atom. The van der Waals surface area contributed by atoms with E-state index in [-0.39, 0.29) is 21.7 Å². The van der Waals surface area contributed by atoms with Gasteiger partial charge in [-0.25, -0.2) is 12.8 Å². The number of halogens is 1. The standard InChI is InChI=1S/C15H13FN2O2S/c1-10-3-5-13(6-4-10)21(19,20)18-15-8-14(16)11(2)7-12(15)9-17/h3-8,18H,1-2H3. The van der Waals surface area contributed by atoms with Gasteiger partial charge in [0, 0.05) is 0 Å². The molecule has 21 heavy (non-hydrogen) atoms. The smallest absolute Gasteiger partial charge is 0.261 e. The van der Waals surface area contributed by atoms with Crippen LogP contribution in [0.15, 0.2) is 41.3 Å². The molecule has 108 valence electrons. The van der Waals surface area contributed by atoms with Crippen LogP contribution in [0.2, 0.25) is 0 Å². The van der Waals surface area contributed by atoms with Crippen LogP contribution in [-0.2, 0) is 10.0 Å². The first kappa shape index (κ1) is 15.0. The normalized spacial score (nSPS) is 11.0. The average Bonchev–Trinajstić information content (AvgIpc) is 2.42. The quantitative estimate of drug-likeness (QED) is 0.947. The monoisotopic (exact) mass is 304 g/mol. The summed E-state index contributed by atoms with van der Waals surface area (Å²) in [5.41, 5.74) is 1.21. The fourth-order valence-electron chi connectivity index (χ4n) is 1.78. The number of aryl methyl sites for hydroxylation is 2. The lowest BCUT2D eigenvalue weighted by Gasteiger charge is -2.11. The van der Waals surface area contributed by atoms with E-state index in [1.807, 2.05) is 13.0 Å². The van der Waals surface area contributed by atoms with Gasteiger partial charge in [-0.1, -0.05) is 17.7 Å². The summed E-state index contributed by atoms with van der Waals surface area (Å²) in [5, 5.41) is 9.03. The van der Waals surface area contributed by atoms with Gasteiger partial charge in [-0.2, -0.15) is 5.26 Å². The molecule has 0 spiro atoms. The minimum Gasteiger partial charge on any atom is -0.278 e. The van der Waals surface area contributed by atoms with Crippen molar-refractivity contribution in [2.24, 2.45) is 0 Å². The van der Waals surface area contributed by atoms with Crippen molar-refractivity contribution in [2.75, 3.05) is 4.72 Å². The van der Waals surface area contributed by atoms with E-state index in [1.165, 1.54) is 25.1 Å². The summed E-state index contributed by atoms with van der Waals surface area (Å²) >= 11 is 0. The highest BCUT2D eigenvalue weighted by atomic mass is 32.2. The highest BCUT2D eigenvalue weighted by Gasteiger charge is 2.17. The van der Waals surface area contributed by atoms with E-state index in [0.29, 0.717) is 0 Å². The fraction of sp³-hybridized carbons (Fsp3) is 0.133. The van der Waals surface area contributed by atoms with Crippen LogP contribution in [0.3, 0.4) is 0 Å². The third-order valence-corrected chi connectivity index (χ3v) is 4.38. The molecule has 1 N–H and O–H groups in total. The molecular formula is C15H13FN2O2S. The highest BCUT2D eigenvalue weighted by Crippen LogP contribution is 2.23. The first-order valence-electron chi connectivity index (χ1n) is 6.13. The second-order valence-electron chi connectivity index (χ2n) is 4.68. The van der Waals surface area contributed by atoms with Crippen LogP contribution in [0, 0.1) is 31.0 Å². The van der Waals surface area contributed by atoms with E-state index in [4.69, 9.17) is 5.26 Å². The lowest BCUT2D eigenvalue weighted by Crippen LogP contribution is -2.14. The summed E-state index contributed by atoms with van der Waals surface area (Å²) in [7, 11) is -3.86. The molecule has 0 amide bonds. The molecule has 4 nitrogen and oxygen atoms in total. The third kappa shape index (κ3) is 3.20. The van der Waals surface area contributed by atoms with Crippen molar-refractivity contribution in [3.05, 3.63) is 58.9 Å². The van der Waals surface area contributed by atoms with Crippen molar-refractivity contribution in [2.45, 2.75) is 18.7 Å². The highest BCUT2D eigenvalue weighted by molar-refractivity contribution is 7.92. The van der Waals surface area contributed by atoms with Crippen LogP contribution in [0.1, 0.15) is 16.7 Å². The summed E-state index contributed by atoms with van der Waals surface area (Å²) < 4.78 is 40.3. The van der Waals surface area contributed by atoms with Crippen LogP contribution in [0.4, 0.5) is 10.1 Å². The van der Waals surface area contributed by atoms with Crippen molar-refractivity contribution < 1.29 is 12.8 Å². The fourth-order valence-corrected chi connectivity index (χ4v) is 2.85. The van der Waals surface area contributed by atoms with Gasteiger partial charge in [-0.3, -0.25) is 4.72 Å². The number of rotatable bonds is 3. The van der Waals surface area contributed by atoms with E-state index in [2.05, 4.69) is 4.72 Å². The first-order valence-corrected chi connectivity index (χ1v) is 7.61. The van der Waals surface area contributed by atoms with Crippen molar-refractivity contribution in [3.63, 3.8) is 0 Å². The number of hydrogen-bond donors (Lipinski definition) is 1. The average molecular weight is 304 g/mol. The zero-order chi connectivity index (χ0) is 15.6. The van der Waals surface area contributed by atoms with E-state index < -0.39 is 15.8 Å². The van der Waals surface area contributed by atoms with Crippen molar-refractivity contribution >= 4 is 15.7 Å². The van der Waals surface area contributed by atoms with Gasteiger partial charge in [0.15, 0.2) is 0 Å². The van der Waals surface area contributed by atoms with Crippen molar-refractivity contribution in [1.82, 2.24) is 0 Å². The molecule has 0 aliphatic heterocycles. The molecule has 0 saturated carbocycles. The van der Waals surface area contributed by atoms with Gasteiger partial charge in [-0.15, -0.1) is 0 Å². The van der Waals surface area contributed by atoms with Gasteiger partial charge in [0.2, 0.25) is 0 Å². The largest absolute Gasteiger partial charge is 0.278 e. The summed E-state index contributed by atoms with van der Waals surface area (Å²) in [6.07, 6.45) is 0. The van der Waals surface area contributed by atoms with Crippen LogP contribution < -0.4 is 4.72 Å². The predicted molar refractivity (Wildman–Crippen MR) is 77.8 cm³/mol. The topological polar surface area (TPSA) is 70.0 Å². The molecule has 0 bridgehead atoms. The molecule has 0 saturated heterocycles. The number of nitrogens with one attached hydrogen (secondary N) is 1. The number of anilines is 1. The maximum Gasteiger partial charge on any atom is 0.261 e. The van der Waals surface area contributed by atoms with E-state index in [9.17, 15) is 12.8 Å². The molecule has 0 heterocycles. The molecule has 0 atom stereocenters. The van der Waals surface area contributed by atoms with Gasteiger partial charge < -0.3 is 0 Å². The minimum absolute atomic E-state index is 0.0537. The van der Waals surface area contributed by atoms with Crippen molar-refractivity contribution in [1.29, 1.82) is 5.26 Å². The Labute approximate surface area is 122 Å². The maximum atomic E-state index is 13.6. The molecule has 0 aromatic heterocycles. The Balaban J connectivity index is 2.44. The molecule has 2 aromatic carbocycles. The molecule has 0 aliphatic rings. The van der Waals surface area contributed by atoms with E-state index in [1.54, 1.807) is 12.1 Å². The van der Waals surface area contributed by atoms with Crippen LogP contribution in [0.5, 0.6) is 0 Å². The van der Waals surface area contributed by atoms with E-state index in [0.717, 1.165) is 11.6 Å². The van der Waals surface area contributed by atoms with Gasteiger partial charge in [-0.05, 0) is 43.7 Å². The summed E-state index contributed by atoms with van der Waals surface area (Å²) in [4.78, 5) is 0.0537. The van der Waals surface area contributed by atoms with Crippen LogP contribution in [0.25, 0.3) is 0 Å². The molecule has 0 radical (unpaired) electrons. The lowest BCUT2D eigenvalue weighted by molar-refractivity contribution is 0.601. The number of nitriles is 1. The lowest BCUT2D eigenvalue weighted by atomic mass is 10.1. The van der Waals surface area contributed by atoms with Gasteiger partial charge in [0.1, 0.15) is 11.9 Å². The molecular weight excluding hydrogens is 291 g/mol. The first-order chi connectivity index (χ1) is 9.83. The molecule has 0 unspecified atom stereocenters. The molecule has 0 fully saturated rings. The molecule has 6 heteroatoms. The second kappa shape index (κ2) is 5.54. The van der Waals surface area contributed by atoms with Crippen molar-refractivity contribution in [3.8, 4) is 6.07 Å². The SMILES string of the molecule is Cc1ccc(S(=O)(=O)Nc2cc(F)c(C)cc2C#N)cc1. The van der Waals surface area contributed by atoms with Crippen LogP contribution in [-0.4, -0.2) is 8.42 Å². The summed E-state index contributed by atoms with van der Waals surface area (Å²) in [6, 6.07) is 10.4. The van der Waals surface area contributed by atoms with E-state index >= 15 is 0 Å². The molecule has 2 aromatic rings. The Hall–Kier alpha value is -2.39. The maximum absolute atomic E-state index is 13.6. The Kier molecular flexibility index (Phi) is 3.96. The number of hydrogen-bond acceptors (Lipinski definition) is 3. The Bertz CT molecular complexity index is 822. The second-order valence-corrected chi connectivity index (χ2v) is 6.36. The van der Waals surface area contributed by atoms with Gasteiger partial charge in [0.05, 0.1) is 16.1 Å². The Morgan fingerprint density at radius 2 is 1.76 bits per heavy atom. The van der Waals surface area contributed by atoms with Crippen LogP contribution >= 0.6 is 0 Å². The third-order valence-electron chi connectivity index (χ3n) is 2.99. The zero-order valence-electron chi connectivity index (χ0n) is 11.5. The summed E-state index contributed by atoms with van der Waals surface area (Å²) in [5.74, 6) is -0.574. The summed E-state index contributed by atoms with van der Waals surface area (Å²) in [6.45, 7) is 3.35. The molecule has 0 aliphatic carbocycles.